The van der Waals surface area contributed by atoms with E-state index < -0.39 is 8.32 Å². The van der Waals surface area contributed by atoms with Gasteiger partial charge in [0.2, 0.25) is 0 Å². The van der Waals surface area contributed by atoms with Crippen molar-refractivity contribution in [1.29, 1.82) is 0 Å². The van der Waals surface area contributed by atoms with Crippen LogP contribution in [-0.2, 0) is 4.43 Å². The molecule has 13 heavy (non-hydrogen) atoms. The molecule has 0 heterocycles. The second-order valence-electron chi connectivity index (χ2n) is 4.42. The molecule has 0 N–H and O–H groups in total. The molecule has 0 saturated heterocycles. The van der Waals surface area contributed by atoms with Crippen molar-refractivity contribution in [2.45, 2.75) is 51.7 Å². The Morgan fingerprint density at radius 3 is 2.00 bits per heavy atom. The summed E-state index contributed by atoms with van der Waals surface area (Å²) in [5.41, 5.74) is 0. The lowest BCUT2D eigenvalue weighted by atomic mass is 10.2. The quantitative estimate of drug-likeness (QED) is 0.364. The fourth-order valence-corrected chi connectivity index (χ4v) is 2.26. The molecule has 0 aliphatic carbocycles. The van der Waals surface area contributed by atoms with Crippen LogP contribution in [0.15, 0.2) is 0 Å². The number of unbranched alkanes of at least 4 members (excludes halogenated alkanes) is 4. The molecule has 0 spiro atoms. The number of alkyl halides is 1. The average molecular weight is 267 g/mol. The number of hydrogen-bond acceptors (Lipinski definition) is 1. The first-order valence-corrected chi connectivity index (χ1v) is 9.79. The second-order valence-corrected chi connectivity index (χ2v) is 9.72. The van der Waals surface area contributed by atoms with Gasteiger partial charge in [0.25, 0.3) is 0 Å². The highest BCUT2D eigenvalue weighted by atomic mass is 79.9. The molecular formula is C10H23BrOSi. The molecule has 0 unspecified atom stereocenters. The summed E-state index contributed by atoms with van der Waals surface area (Å²) in [7, 11) is -1.24. The Bertz CT molecular complexity index is 112. The van der Waals surface area contributed by atoms with Gasteiger partial charge in [-0.3, -0.25) is 0 Å². The van der Waals surface area contributed by atoms with Gasteiger partial charge in [0.1, 0.15) is 0 Å². The largest absolute Gasteiger partial charge is 0.418 e. The van der Waals surface area contributed by atoms with Gasteiger partial charge in [-0.25, -0.2) is 0 Å². The van der Waals surface area contributed by atoms with Gasteiger partial charge in [0, 0.05) is 11.9 Å². The van der Waals surface area contributed by atoms with E-state index in [0.29, 0.717) is 0 Å². The zero-order valence-corrected chi connectivity index (χ0v) is 11.8. The van der Waals surface area contributed by atoms with Gasteiger partial charge in [-0.05, 0) is 32.5 Å². The molecule has 0 atom stereocenters. The maximum atomic E-state index is 5.77. The third-order valence-corrected chi connectivity index (χ3v) is 3.44. The fraction of sp³-hybridized carbons (Fsp3) is 1.00. The first-order valence-electron chi connectivity index (χ1n) is 5.26. The van der Waals surface area contributed by atoms with E-state index in [-0.39, 0.29) is 0 Å². The van der Waals surface area contributed by atoms with Crippen molar-refractivity contribution in [1.82, 2.24) is 0 Å². The molecule has 0 radical (unpaired) electrons. The predicted octanol–water partition coefficient (Wildman–Crippen LogP) is 4.18. The number of hydrogen-bond donors (Lipinski definition) is 0. The minimum absolute atomic E-state index is 0.976. The second kappa shape index (κ2) is 8.01. The lowest BCUT2D eigenvalue weighted by molar-refractivity contribution is 0.298. The SMILES string of the molecule is C[Si](C)(C)OCCCCCCCBr. The van der Waals surface area contributed by atoms with Crippen LogP contribution in [0.1, 0.15) is 32.1 Å². The van der Waals surface area contributed by atoms with Crippen LogP contribution >= 0.6 is 15.9 Å². The molecule has 0 amide bonds. The Morgan fingerprint density at radius 1 is 0.923 bits per heavy atom. The topological polar surface area (TPSA) is 9.23 Å². The van der Waals surface area contributed by atoms with Crippen molar-refractivity contribution in [3.63, 3.8) is 0 Å². The Kier molecular flexibility index (Phi) is 8.41. The molecule has 0 aromatic rings. The molecule has 0 aromatic carbocycles. The van der Waals surface area contributed by atoms with Crippen LogP contribution in [0, 0.1) is 0 Å². The third-order valence-electron chi connectivity index (χ3n) is 1.81. The highest BCUT2D eigenvalue weighted by Gasteiger charge is 2.12. The Balaban J connectivity index is 3.00. The maximum absolute atomic E-state index is 5.77. The molecule has 1 nitrogen and oxygen atoms in total. The van der Waals surface area contributed by atoms with Crippen molar-refractivity contribution in [2.24, 2.45) is 0 Å². The van der Waals surface area contributed by atoms with E-state index in [1.54, 1.807) is 0 Å². The number of halogens is 1. The lowest BCUT2D eigenvalue weighted by Gasteiger charge is -2.16. The standard InChI is InChI=1S/C10H23BrOSi/c1-13(2,3)12-10-8-6-4-5-7-9-11/h4-10H2,1-3H3. The highest BCUT2D eigenvalue weighted by Crippen LogP contribution is 2.07. The van der Waals surface area contributed by atoms with E-state index in [0.717, 1.165) is 11.9 Å². The summed E-state index contributed by atoms with van der Waals surface area (Å²) < 4.78 is 5.77. The lowest BCUT2D eigenvalue weighted by Crippen LogP contribution is -2.25. The van der Waals surface area contributed by atoms with E-state index in [2.05, 4.69) is 35.6 Å². The van der Waals surface area contributed by atoms with Gasteiger partial charge in [-0.15, -0.1) is 0 Å². The zero-order valence-electron chi connectivity index (χ0n) is 9.24. The predicted molar refractivity (Wildman–Crippen MR) is 66.2 cm³/mol. The summed E-state index contributed by atoms with van der Waals surface area (Å²) in [6, 6.07) is 0. The number of rotatable bonds is 8. The Morgan fingerprint density at radius 2 is 1.46 bits per heavy atom. The van der Waals surface area contributed by atoms with Gasteiger partial charge in [0.05, 0.1) is 0 Å². The van der Waals surface area contributed by atoms with Crippen LogP contribution in [0.5, 0.6) is 0 Å². The Labute approximate surface area is 92.5 Å². The van der Waals surface area contributed by atoms with Gasteiger partial charge in [0.15, 0.2) is 8.32 Å². The van der Waals surface area contributed by atoms with Crippen LogP contribution in [0.4, 0.5) is 0 Å². The Hall–Kier alpha value is 0.657. The molecule has 0 fully saturated rings. The smallest absolute Gasteiger partial charge is 0.183 e. The van der Waals surface area contributed by atoms with E-state index in [4.69, 9.17) is 4.43 Å². The molecule has 0 aliphatic rings. The fourth-order valence-electron chi connectivity index (χ4n) is 1.11. The third kappa shape index (κ3) is 12.7. The van der Waals surface area contributed by atoms with Crippen LogP contribution < -0.4 is 0 Å². The first-order chi connectivity index (χ1) is 6.06. The highest BCUT2D eigenvalue weighted by molar-refractivity contribution is 9.09. The molecule has 0 aliphatic heterocycles. The maximum Gasteiger partial charge on any atom is 0.183 e. The minimum atomic E-state index is -1.24. The summed E-state index contributed by atoms with van der Waals surface area (Å²) in [4.78, 5) is 0. The molecule has 80 valence electrons. The van der Waals surface area contributed by atoms with Crippen LogP contribution in [0.2, 0.25) is 19.6 Å². The molecule has 0 saturated carbocycles. The van der Waals surface area contributed by atoms with E-state index in [1.165, 1.54) is 32.1 Å². The van der Waals surface area contributed by atoms with E-state index >= 15 is 0 Å². The summed E-state index contributed by atoms with van der Waals surface area (Å²) in [5.74, 6) is 0. The van der Waals surface area contributed by atoms with E-state index in [9.17, 15) is 0 Å². The summed E-state index contributed by atoms with van der Waals surface area (Å²) in [5, 5.41) is 1.15. The average Bonchev–Trinajstić information content (AvgIpc) is 2.01. The normalized spacial score (nSPS) is 12.0. The first kappa shape index (κ1) is 13.7. The van der Waals surface area contributed by atoms with E-state index in [1.807, 2.05) is 0 Å². The van der Waals surface area contributed by atoms with Crippen molar-refractivity contribution in [2.75, 3.05) is 11.9 Å². The van der Waals surface area contributed by atoms with Gasteiger partial charge < -0.3 is 4.43 Å². The molecule has 0 rings (SSSR count). The molecule has 0 aromatic heterocycles. The molecular weight excluding hydrogens is 244 g/mol. The zero-order chi connectivity index (χ0) is 10.2. The van der Waals surface area contributed by atoms with Crippen LogP contribution in [0.3, 0.4) is 0 Å². The van der Waals surface area contributed by atoms with Crippen molar-refractivity contribution in [3.05, 3.63) is 0 Å². The van der Waals surface area contributed by atoms with Gasteiger partial charge in [-0.1, -0.05) is 35.2 Å². The summed E-state index contributed by atoms with van der Waals surface area (Å²) in [6.07, 6.45) is 6.61. The monoisotopic (exact) mass is 266 g/mol. The minimum Gasteiger partial charge on any atom is -0.418 e. The van der Waals surface area contributed by atoms with Crippen LogP contribution in [-0.4, -0.2) is 20.3 Å². The molecule has 3 heteroatoms. The van der Waals surface area contributed by atoms with Crippen molar-refractivity contribution >= 4 is 24.2 Å². The van der Waals surface area contributed by atoms with Crippen molar-refractivity contribution in [3.8, 4) is 0 Å². The summed E-state index contributed by atoms with van der Waals surface area (Å²) in [6.45, 7) is 7.72. The van der Waals surface area contributed by atoms with Crippen LogP contribution in [0.25, 0.3) is 0 Å². The van der Waals surface area contributed by atoms with Gasteiger partial charge in [-0.2, -0.15) is 0 Å². The van der Waals surface area contributed by atoms with Crippen molar-refractivity contribution < 1.29 is 4.43 Å². The summed E-state index contributed by atoms with van der Waals surface area (Å²) >= 11 is 3.44. The van der Waals surface area contributed by atoms with Gasteiger partial charge >= 0.3 is 0 Å². The molecule has 0 bridgehead atoms.